The fourth-order valence-electron chi connectivity index (χ4n) is 4.61. The van der Waals surface area contributed by atoms with E-state index in [-0.39, 0.29) is 18.5 Å². The number of fused-ring (bicyclic) bond motifs is 3. The summed E-state index contributed by atoms with van der Waals surface area (Å²) in [5.41, 5.74) is 8.30. The molecule has 11 nitrogen and oxygen atoms in total. The van der Waals surface area contributed by atoms with Crippen molar-refractivity contribution >= 4 is 23.4 Å². The van der Waals surface area contributed by atoms with Gasteiger partial charge in [-0.2, -0.15) is 5.11 Å². The molecule has 1 aliphatic rings. The molecule has 2 unspecified atom stereocenters. The van der Waals surface area contributed by atoms with E-state index in [9.17, 15) is 4.79 Å². The SMILES string of the molecule is COC(=O)C(C)(C)OCC(N)=NN=NCCC1OC(c2cccc(OC)c2OC)c2cc(Cl)ccc2-n2cccc21. The van der Waals surface area contributed by atoms with Crippen LogP contribution in [0.25, 0.3) is 5.69 Å². The maximum Gasteiger partial charge on any atom is 0.337 e. The van der Waals surface area contributed by atoms with Crippen LogP contribution >= 0.6 is 11.6 Å². The summed E-state index contributed by atoms with van der Waals surface area (Å²) < 4.78 is 30.4. The molecular formula is C29H34ClN5O6. The molecule has 2 N–H and O–H groups in total. The first-order valence-corrected chi connectivity index (χ1v) is 13.3. The molecule has 0 bridgehead atoms. The van der Waals surface area contributed by atoms with Crippen molar-refractivity contribution in [3.63, 3.8) is 0 Å². The molecule has 1 aromatic heterocycles. The number of amidine groups is 1. The number of nitrogens with zero attached hydrogens (tertiary/aromatic N) is 4. The second kappa shape index (κ2) is 13.2. The number of para-hydroxylation sites is 1. The topological polar surface area (TPSA) is 131 Å². The lowest BCUT2D eigenvalue weighted by atomic mass is 9.98. The van der Waals surface area contributed by atoms with Crippen molar-refractivity contribution in [3.05, 3.63) is 76.6 Å². The average molecular weight is 584 g/mol. The number of carbonyl (C=O) groups is 1. The molecule has 0 fully saturated rings. The number of methoxy groups -OCH3 is 3. The van der Waals surface area contributed by atoms with Crippen LogP contribution in [-0.4, -0.2) is 56.5 Å². The molecule has 2 heterocycles. The molecule has 4 rings (SSSR count). The van der Waals surface area contributed by atoms with Crippen LogP contribution in [-0.2, 0) is 19.0 Å². The normalized spacial score (nSPS) is 17.1. The van der Waals surface area contributed by atoms with Crippen LogP contribution in [0.2, 0.25) is 5.02 Å². The highest BCUT2D eigenvalue weighted by Crippen LogP contribution is 2.46. The molecule has 41 heavy (non-hydrogen) atoms. The predicted molar refractivity (Wildman–Crippen MR) is 154 cm³/mol. The summed E-state index contributed by atoms with van der Waals surface area (Å²) in [5, 5.41) is 12.5. The summed E-state index contributed by atoms with van der Waals surface area (Å²) in [7, 11) is 4.49. The number of benzene rings is 2. The van der Waals surface area contributed by atoms with Crippen molar-refractivity contribution < 1.29 is 28.5 Å². The lowest BCUT2D eigenvalue weighted by Gasteiger charge is -2.25. The van der Waals surface area contributed by atoms with Crippen molar-refractivity contribution in [2.75, 3.05) is 34.5 Å². The number of nitrogens with two attached hydrogens (primary N) is 1. The molecule has 0 radical (unpaired) electrons. The van der Waals surface area contributed by atoms with Crippen LogP contribution in [0.1, 0.15) is 49.3 Å². The van der Waals surface area contributed by atoms with Crippen molar-refractivity contribution in [2.24, 2.45) is 21.2 Å². The molecule has 218 valence electrons. The minimum atomic E-state index is -1.17. The van der Waals surface area contributed by atoms with Gasteiger partial charge in [0.05, 0.1) is 39.3 Å². The molecule has 0 saturated carbocycles. The Labute approximate surface area is 243 Å². The van der Waals surface area contributed by atoms with E-state index in [0.29, 0.717) is 29.5 Å². The van der Waals surface area contributed by atoms with Gasteiger partial charge in [-0.15, -0.1) is 5.10 Å². The lowest BCUT2D eigenvalue weighted by molar-refractivity contribution is -0.163. The molecule has 0 aliphatic carbocycles. The summed E-state index contributed by atoms with van der Waals surface area (Å²) in [6.07, 6.45) is 1.62. The molecule has 0 saturated heterocycles. The molecule has 1 aliphatic heterocycles. The zero-order valence-corrected chi connectivity index (χ0v) is 24.4. The van der Waals surface area contributed by atoms with E-state index >= 15 is 0 Å². The van der Waals surface area contributed by atoms with Crippen LogP contribution in [0.4, 0.5) is 0 Å². The number of halogens is 1. The third kappa shape index (κ3) is 6.70. The highest BCUT2D eigenvalue weighted by atomic mass is 35.5. The Morgan fingerprint density at radius 1 is 1.10 bits per heavy atom. The number of carbonyl (C=O) groups excluding carboxylic acids is 1. The molecule has 2 aromatic carbocycles. The Balaban J connectivity index is 1.56. The minimum Gasteiger partial charge on any atom is -0.493 e. The number of aromatic nitrogens is 1. The van der Waals surface area contributed by atoms with Crippen LogP contribution in [0.15, 0.2) is 70.2 Å². The number of hydrogen-bond donors (Lipinski definition) is 1. The van der Waals surface area contributed by atoms with E-state index in [2.05, 4.69) is 20.0 Å². The summed E-state index contributed by atoms with van der Waals surface area (Å²) >= 11 is 6.46. The Morgan fingerprint density at radius 3 is 2.63 bits per heavy atom. The van der Waals surface area contributed by atoms with E-state index in [1.54, 1.807) is 28.1 Å². The largest absolute Gasteiger partial charge is 0.493 e. The van der Waals surface area contributed by atoms with Gasteiger partial charge in [-0.1, -0.05) is 23.7 Å². The van der Waals surface area contributed by atoms with Crippen LogP contribution in [0.5, 0.6) is 11.5 Å². The molecule has 0 amide bonds. The van der Waals surface area contributed by atoms with Gasteiger partial charge >= 0.3 is 5.97 Å². The Morgan fingerprint density at radius 2 is 1.90 bits per heavy atom. The zero-order valence-electron chi connectivity index (χ0n) is 23.7. The highest BCUT2D eigenvalue weighted by Gasteiger charge is 2.33. The number of ether oxygens (including phenoxy) is 5. The van der Waals surface area contributed by atoms with Crippen molar-refractivity contribution in [1.29, 1.82) is 0 Å². The van der Waals surface area contributed by atoms with Gasteiger partial charge in [-0.25, -0.2) is 4.79 Å². The van der Waals surface area contributed by atoms with Crippen molar-refractivity contribution in [1.82, 2.24) is 4.57 Å². The Kier molecular flexibility index (Phi) is 9.64. The van der Waals surface area contributed by atoms with Gasteiger partial charge in [0.15, 0.2) is 17.1 Å². The lowest BCUT2D eigenvalue weighted by Crippen LogP contribution is -2.38. The number of rotatable bonds is 11. The Hall–Kier alpha value is -3.93. The summed E-state index contributed by atoms with van der Waals surface area (Å²) in [5.74, 6) is 0.733. The van der Waals surface area contributed by atoms with Gasteiger partial charge in [-0.05, 0) is 55.5 Å². The minimum absolute atomic E-state index is 0.0721. The first-order valence-electron chi connectivity index (χ1n) is 12.9. The first kappa shape index (κ1) is 30.0. The van der Waals surface area contributed by atoms with Gasteiger partial charge in [-0.3, -0.25) is 0 Å². The van der Waals surface area contributed by atoms with Gasteiger partial charge < -0.3 is 34.0 Å². The molecule has 12 heteroatoms. The van der Waals surface area contributed by atoms with Crippen LogP contribution in [0, 0.1) is 0 Å². The number of esters is 1. The van der Waals surface area contributed by atoms with Gasteiger partial charge in [0, 0.05) is 28.8 Å². The highest BCUT2D eigenvalue weighted by molar-refractivity contribution is 6.30. The Bertz CT molecular complexity index is 1440. The molecule has 3 aromatic rings. The maximum atomic E-state index is 11.8. The van der Waals surface area contributed by atoms with E-state index in [4.69, 9.17) is 41.0 Å². The monoisotopic (exact) mass is 583 g/mol. The zero-order chi connectivity index (χ0) is 29.6. The molecular weight excluding hydrogens is 550 g/mol. The van der Waals surface area contributed by atoms with Gasteiger partial charge in [0.2, 0.25) is 0 Å². The van der Waals surface area contributed by atoms with E-state index in [1.807, 2.05) is 54.7 Å². The quantitative estimate of drug-likeness (QED) is 0.105. The van der Waals surface area contributed by atoms with E-state index in [0.717, 1.165) is 22.5 Å². The summed E-state index contributed by atoms with van der Waals surface area (Å²) in [6.45, 7) is 3.36. The maximum absolute atomic E-state index is 11.8. The van der Waals surface area contributed by atoms with Crippen molar-refractivity contribution in [2.45, 2.75) is 38.1 Å². The van der Waals surface area contributed by atoms with Gasteiger partial charge in [0.1, 0.15) is 24.7 Å². The smallest absolute Gasteiger partial charge is 0.337 e. The standard InChI is InChI=1S/C29H34ClN5O6/c1-29(2,28(36)39-5)40-17-25(31)33-34-32-14-13-23-22-9-7-15-35(22)21-12-11-18(30)16-20(21)26(41-23)19-8-6-10-24(37-3)27(19)38-4/h6-12,15-16,23,26H,13-14,17H2,1-5H3,(H2,31,32,33). The second-order valence-corrected chi connectivity index (χ2v) is 10.2. The second-order valence-electron chi connectivity index (χ2n) is 9.72. The number of hydrogen-bond acceptors (Lipinski definition) is 8. The average Bonchev–Trinajstić information content (AvgIpc) is 3.42. The molecule has 0 spiro atoms. The van der Waals surface area contributed by atoms with E-state index in [1.165, 1.54) is 7.11 Å². The fourth-order valence-corrected chi connectivity index (χ4v) is 4.79. The van der Waals surface area contributed by atoms with Gasteiger partial charge in [0.25, 0.3) is 0 Å². The summed E-state index contributed by atoms with van der Waals surface area (Å²) in [4.78, 5) is 11.8. The fraction of sp³-hybridized carbons (Fsp3) is 0.379. The molecule has 2 atom stereocenters. The third-order valence-corrected chi connectivity index (χ3v) is 6.88. The predicted octanol–water partition coefficient (Wildman–Crippen LogP) is 5.39. The first-order chi connectivity index (χ1) is 19.7. The van der Waals surface area contributed by atoms with Crippen molar-refractivity contribution in [3.8, 4) is 17.2 Å². The third-order valence-electron chi connectivity index (χ3n) is 6.64. The van der Waals surface area contributed by atoms with Crippen LogP contribution in [0.3, 0.4) is 0 Å². The van der Waals surface area contributed by atoms with E-state index < -0.39 is 17.7 Å². The summed E-state index contributed by atoms with van der Waals surface area (Å²) in [6, 6.07) is 15.4. The van der Waals surface area contributed by atoms with Crippen LogP contribution < -0.4 is 15.2 Å².